The van der Waals surface area contributed by atoms with Crippen molar-refractivity contribution in [3.8, 4) is 0 Å². The second-order valence-electron chi connectivity index (χ2n) is 4.75. The predicted octanol–water partition coefficient (Wildman–Crippen LogP) is 1.08. The first-order valence-corrected chi connectivity index (χ1v) is 5.75. The van der Waals surface area contributed by atoms with Crippen LogP contribution >= 0.6 is 0 Å². The number of aliphatic carboxylic acids is 1. The Hall–Kier alpha value is -1.56. The summed E-state index contributed by atoms with van der Waals surface area (Å²) in [5.74, 6) is -1.02. The lowest BCUT2D eigenvalue weighted by molar-refractivity contribution is -0.142. The van der Waals surface area contributed by atoms with E-state index in [4.69, 9.17) is 9.84 Å². The number of urea groups is 1. The number of nitrogens with one attached hydrogen (secondary N) is 1. The number of rotatable bonds is 7. The highest BCUT2D eigenvalue weighted by molar-refractivity contribution is 5.75. The Kier molecular flexibility index (Phi) is 7.04. The van der Waals surface area contributed by atoms with Crippen LogP contribution in [-0.4, -0.2) is 53.8 Å². The van der Waals surface area contributed by atoms with Crippen LogP contribution in [0.4, 0.5) is 4.79 Å². The summed E-state index contributed by atoms with van der Waals surface area (Å²) in [5.41, 5.74) is -0.305. The first-order chi connectivity index (χ1) is 8.29. The van der Waals surface area contributed by atoms with Crippen molar-refractivity contribution in [1.29, 1.82) is 0 Å². The van der Waals surface area contributed by atoms with Crippen molar-refractivity contribution in [3.63, 3.8) is 0 Å². The summed E-state index contributed by atoms with van der Waals surface area (Å²) in [6.45, 7) is 9.94. The number of carbonyl (C=O) groups is 2. The second kappa shape index (κ2) is 7.71. The highest BCUT2D eigenvalue weighted by atomic mass is 16.5. The average Bonchev–Trinajstić information content (AvgIpc) is 2.23. The Morgan fingerprint density at radius 3 is 2.50 bits per heavy atom. The summed E-state index contributed by atoms with van der Waals surface area (Å²) in [7, 11) is 0. The first kappa shape index (κ1) is 16.4. The van der Waals surface area contributed by atoms with Crippen LogP contribution in [0.2, 0.25) is 0 Å². The quantitative estimate of drug-likeness (QED) is 0.529. The number of hydrogen-bond donors (Lipinski definition) is 2. The molecule has 0 saturated carbocycles. The molecule has 0 saturated heterocycles. The fourth-order valence-corrected chi connectivity index (χ4v) is 1.28. The van der Waals surface area contributed by atoms with Crippen LogP contribution in [0.15, 0.2) is 12.7 Å². The Morgan fingerprint density at radius 2 is 2.06 bits per heavy atom. The third-order valence-electron chi connectivity index (χ3n) is 2.11. The molecule has 18 heavy (non-hydrogen) atoms. The number of carbonyl (C=O) groups excluding carboxylic acids is 1. The summed E-state index contributed by atoms with van der Waals surface area (Å²) < 4.78 is 4.82. The lowest BCUT2D eigenvalue weighted by Crippen LogP contribution is -2.50. The van der Waals surface area contributed by atoms with Gasteiger partial charge in [0.05, 0.1) is 6.61 Å². The zero-order chi connectivity index (χ0) is 14.2. The topological polar surface area (TPSA) is 78.9 Å². The van der Waals surface area contributed by atoms with Gasteiger partial charge in [-0.05, 0) is 20.8 Å². The predicted molar refractivity (Wildman–Crippen MR) is 68.5 cm³/mol. The maximum Gasteiger partial charge on any atom is 0.329 e. The molecule has 0 aliphatic heterocycles. The lowest BCUT2D eigenvalue weighted by atomic mass is 10.1. The smallest absolute Gasteiger partial charge is 0.329 e. The molecule has 0 atom stereocenters. The van der Waals surface area contributed by atoms with Gasteiger partial charge in [0, 0.05) is 18.6 Å². The molecule has 104 valence electrons. The Balaban J connectivity index is 4.04. The minimum absolute atomic E-state index is 0.171. The molecule has 6 heteroatoms. The van der Waals surface area contributed by atoms with Gasteiger partial charge in [-0.1, -0.05) is 6.08 Å². The van der Waals surface area contributed by atoms with Crippen molar-refractivity contribution in [2.75, 3.05) is 26.3 Å². The van der Waals surface area contributed by atoms with E-state index < -0.39 is 5.97 Å². The molecule has 0 aromatic rings. The molecule has 0 unspecified atom stereocenters. The normalized spacial score (nSPS) is 10.8. The van der Waals surface area contributed by atoms with Gasteiger partial charge in [0.25, 0.3) is 0 Å². The van der Waals surface area contributed by atoms with Gasteiger partial charge in [0.1, 0.15) is 6.61 Å². The van der Waals surface area contributed by atoms with Crippen LogP contribution in [0.5, 0.6) is 0 Å². The average molecular weight is 258 g/mol. The van der Waals surface area contributed by atoms with Gasteiger partial charge in [-0.15, -0.1) is 6.58 Å². The van der Waals surface area contributed by atoms with E-state index in [1.165, 1.54) is 0 Å². The maximum atomic E-state index is 11.9. The Labute approximate surface area is 108 Å². The van der Waals surface area contributed by atoms with Gasteiger partial charge in [0.15, 0.2) is 0 Å². The van der Waals surface area contributed by atoms with Crippen LogP contribution in [-0.2, 0) is 9.53 Å². The molecule has 0 rings (SSSR count). The summed E-state index contributed by atoms with van der Waals surface area (Å²) in [5, 5.41) is 11.0. The van der Waals surface area contributed by atoms with E-state index in [1.54, 1.807) is 11.0 Å². The first-order valence-electron chi connectivity index (χ1n) is 5.75. The molecular formula is C12H22N2O4. The summed E-state index contributed by atoms with van der Waals surface area (Å²) in [6, 6.07) is -0.221. The van der Waals surface area contributed by atoms with Crippen molar-refractivity contribution in [3.05, 3.63) is 12.7 Å². The SMILES string of the molecule is C=CCN(C(=O)NCCOCC(=O)O)C(C)(C)C. The van der Waals surface area contributed by atoms with E-state index >= 15 is 0 Å². The van der Waals surface area contributed by atoms with Crippen molar-refractivity contribution >= 4 is 12.0 Å². The number of hydrogen-bond acceptors (Lipinski definition) is 3. The van der Waals surface area contributed by atoms with Crippen LogP contribution in [0.1, 0.15) is 20.8 Å². The molecule has 0 aromatic carbocycles. The summed E-state index contributed by atoms with van der Waals surface area (Å²) >= 11 is 0. The minimum Gasteiger partial charge on any atom is -0.480 e. The highest BCUT2D eigenvalue weighted by Crippen LogP contribution is 2.12. The highest BCUT2D eigenvalue weighted by Gasteiger charge is 2.24. The number of carboxylic acid groups (broad SMARTS) is 1. The van der Waals surface area contributed by atoms with Crippen molar-refractivity contribution in [1.82, 2.24) is 10.2 Å². The van der Waals surface area contributed by atoms with Gasteiger partial charge in [-0.3, -0.25) is 0 Å². The van der Waals surface area contributed by atoms with Gasteiger partial charge >= 0.3 is 12.0 Å². The molecular weight excluding hydrogens is 236 g/mol. The van der Waals surface area contributed by atoms with Gasteiger partial charge in [-0.2, -0.15) is 0 Å². The molecule has 6 nitrogen and oxygen atoms in total. The number of amides is 2. The lowest BCUT2D eigenvalue weighted by Gasteiger charge is -2.34. The summed E-state index contributed by atoms with van der Waals surface area (Å²) in [4.78, 5) is 23.7. The van der Waals surface area contributed by atoms with E-state index in [-0.39, 0.29) is 31.3 Å². The standard InChI is InChI=1S/C12H22N2O4/c1-5-7-14(12(2,3)4)11(17)13-6-8-18-9-10(15)16/h5H,1,6-9H2,2-4H3,(H,13,17)(H,15,16). The molecule has 0 aliphatic carbocycles. The van der Waals surface area contributed by atoms with Gasteiger partial charge in [-0.25, -0.2) is 9.59 Å². The largest absolute Gasteiger partial charge is 0.480 e. The van der Waals surface area contributed by atoms with E-state index in [0.29, 0.717) is 6.54 Å². The third kappa shape index (κ3) is 6.90. The molecule has 0 fully saturated rings. The number of ether oxygens (including phenoxy) is 1. The Morgan fingerprint density at radius 1 is 1.44 bits per heavy atom. The fourth-order valence-electron chi connectivity index (χ4n) is 1.28. The zero-order valence-electron chi connectivity index (χ0n) is 11.2. The Bertz CT molecular complexity index is 297. The van der Waals surface area contributed by atoms with Crippen molar-refractivity contribution < 1.29 is 19.4 Å². The number of nitrogens with zero attached hydrogens (tertiary/aromatic N) is 1. The van der Waals surface area contributed by atoms with Gasteiger partial charge < -0.3 is 20.1 Å². The molecule has 0 aromatic heterocycles. The fraction of sp³-hybridized carbons (Fsp3) is 0.667. The van der Waals surface area contributed by atoms with Crippen LogP contribution in [0, 0.1) is 0 Å². The molecule has 0 radical (unpaired) electrons. The monoisotopic (exact) mass is 258 g/mol. The van der Waals surface area contributed by atoms with Crippen LogP contribution in [0.3, 0.4) is 0 Å². The molecule has 0 bridgehead atoms. The van der Waals surface area contributed by atoms with E-state index in [2.05, 4.69) is 11.9 Å². The molecule has 0 spiro atoms. The molecule has 2 amide bonds. The maximum absolute atomic E-state index is 11.9. The zero-order valence-corrected chi connectivity index (χ0v) is 11.2. The second-order valence-corrected chi connectivity index (χ2v) is 4.75. The van der Waals surface area contributed by atoms with E-state index in [0.717, 1.165) is 0 Å². The minimum atomic E-state index is -1.02. The van der Waals surface area contributed by atoms with E-state index in [1.807, 2.05) is 20.8 Å². The van der Waals surface area contributed by atoms with Gasteiger partial charge in [0.2, 0.25) is 0 Å². The molecule has 0 aliphatic rings. The van der Waals surface area contributed by atoms with Crippen LogP contribution < -0.4 is 5.32 Å². The van der Waals surface area contributed by atoms with Crippen molar-refractivity contribution in [2.24, 2.45) is 0 Å². The number of carboxylic acids is 1. The summed E-state index contributed by atoms with van der Waals surface area (Å²) in [6.07, 6.45) is 1.66. The van der Waals surface area contributed by atoms with Crippen molar-refractivity contribution in [2.45, 2.75) is 26.3 Å². The molecule has 2 N–H and O–H groups in total. The third-order valence-corrected chi connectivity index (χ3v) is 2.11. The van der Waals surface area contributed by atoms with Crippen LogP contribution in [0.25, 0.3) is 0 Å². The van der Waals surface area contributed by atoms with E-state index in [9.17, 15) is 9.59 Å². The molecule has 0 heterocycles.